The van der Waals surface area contributed by atoms with Crippen LogP contribution in [-0.4, -0.2) is 37.9 Å². The zero-order valence-corrected chi connectivity index (χ0v) is 40.3. The third-order valence-electron chi connectivity index (χ3n) is 12.1. The van der Waals surface area contributed by atoms with Gasteiger partial charge in [-0.25, -0.2) is 0 Å². The third-order valence-corrected chi connectivity index (χ3v) is 12.1. The van der Waals surface area contributed by atoms with Gasteiger partial charge in [-0.05, 0) is 44.9 Å². The number of carbonyl (C=O) groups excluding carboxylic acids is 2. The third kappa shape index (κ3) is 49.2. The fourth-order valence-corrected chi connectivity index (χ4v) is 8.04. The number of allylic oxidation sites excluding steroid dienone is 2. The van der Waals surface area contributed by atoms with E-state index in [2.05, 4.69) is 32.9 Å². The van der Waals surface area contributed by atoms with Crippen molar-refractivity contribution in [3.63, 3.8) is 0 Å². The van der Waals surface area contributed by atoms with Crippen molar-refractivity contribution < 1.29 is 23.8 Å². The number of carbonyl (C=O) groups is 2. The van der Waals surface area contributed by atoms with Crippen molar-refractivity contribution in [2.24, 2.45) is 0 Å². The molecule has 0 N–H and O–H groups in total. The Morgan fingerprint density at radius 2 is 0.661 bits per heavy atom. The van der Waals surface area contributed by atoms with E-state index in [1.807, 2.05) is 0 Å². The van der Waals surface area contributed by atoms with Crippen LogP contribution in [0.25, 0.3) is 0 Å². The molecule has 0 unspecified atom stereocenters. The minimum atomic E-state index is -0.527. The Morgan fingerprint density at radius 1 is 0.356 bits per heavy atom. The van der Waals surface area contributed by atoms with E-state index in [4.69, 9.17) is 14.2 Å². The Kier molecular flexibility index (Phi) is 49.8. The Labute approximate surface area is 369 Å². The van der Waals surface area contributed by atoms with E-state index in [1.165, 1.54) is 231 Å². The van der Waals surface area contributed by atoms with E-state index in [9.17, 15) is 9.59 Å². The van der Waals surface area contributed by atoms with Crippen LogP contribution >= 0.6 is 0 Å². The van der Waals surface area contributed by atoms with Crippen molar-refractivity contribution >= 4 is 11.9 Å². The molecule has 0 spiro atoms. The van der Waals surface area contributed by atoms with Gasteiger partial charge < -0.3 is 14.2 Å². The van der Waals surface area contributed by atoms with Crippen LogP contribution in [0.3, 0.4) is 0 Å². The van der Waals surface area contributed by atoms with E-state index in [0.717, 1.165) is 32.1 Å². The number of unbranched alkanes of at least 4 members (excludes halogenated alkanes) is 37. The number of ether oxygens (including phenoxy) is 3. The molecule has 0 rings (SSSR count). The Morgan fingerprint density at radius 3 is 1.05 bits per heavy atom. The predicted octanol–water partition coefficient (Wildman–Crippen LogP) is 17.8. The molecule has 5 nitrogen and oxygen atoms in total. The molecule has 59 heavy (non-hydrogen) atoms. The standard InChI is InChI=1S/C54H104O5/c1-4-7-10-13-16-19-22-25-27-29-31-34-37-40-43-46-49-57-50-52(59-54(56)48-45-42-39-36-32-24-21-18-15-12-9-6-3)51-58-53(55)47-44-41-38-35-33-30-28-26-23-20-17-14-11-8-5-2/h20,23,52H,4-19,21-22,24-51H2,1-3H3/b23-20-/t52-/m1/s1. The molecule has 0 aromatic rings. The summed E-state index contributed by atoms with van der Waals surface area (Å²) < 4.78 is 17.4. The summed E-state index contributed by atoms with van der Waals surface area (Å²) in [6.45, 7) is 7.88. The van der Waals surface area contributed by atoms with E-state index in [-0.39, 0.29) is 18.5 Å². The number of hydrogen-bond donors (Lipinski definition) is 0. The van der Waals surface area contributed by atoms with Crippen LogP contribution in [0.4, 0.5) is 0 Å². The lowest BCUT2D eigenvalue weighted by Crippen LogP contribution is -2.30. The lowest BCUT2D eigenvalue weighted by atomic mass is 10.0. The monoisotopic (exact) mass is 833 g/mol. The van der Waals surface area contributed by atoms with Gasteiger partial charge in [0.2, 0.25) is 0 Å². The molecule has 0 aromatic carbocycles. The fraction of sp³-hybridized carbons (Fsp3) is 0.926. The van der Waals surface area contributed by atoms with Crippen molar-refractivity contribution in [1.29, 1.82) is 0 Å². The molecule has 0 heterocycles. The maximum Gasteiger partial charge on any atom is 0.306 e. The van der Waals surface area contributed by atoms with E-state index in [1.54, 1.807) is 0 Å². The Bertz CT molecular complexity index is 856. The van der Waals surface area contributed by atoms with Crippen molar-refractivity contribution in [3.05, 3.63) is 12.2 Å². The van der Waals surface area contributed by atoms with Gasteiger partial charge >= 0.3 is 11.9 Å². The Hall–Kier alpha value is -1.36. The summed E-state index contributed by atoms with van der Waals surface area (Å²) in [4.78, 5) is 25.4. The molecule has 0 aliphatic heterocycles. The molecule has 0 saturated heterocycles. The fourth-order valence-electron chi connectivity index (χ4n) is 8.04. The van der Waals surface area contributed by atoms with Crippen molar-refractivity contribution in [2.75, 3.05) is 19.8 Å². The summed E-state index contributed by atoms with van der Waals surface area (Å²) in [5, 5.41) is 0. The summed E-state index contributed by atoms with van der Waals surface area (Å²) in [6, 6.07) is 0. The maximum absolute atomic E-state index is 12.8. The maximum atomic E-state index is 12.8. The van der Waals surface area contributed by atoms with Crippen molar-refractivity contribution in [1.82, 2.24) is 0 Å². The van der Waals surface area contributed by atoms with Crippen LogP contribution in [0.1, 0.15) is 297 Å². The second-order valence-corrected chi connectivity index (χ2v) is 18.1. The van der Waals surface area contributed by atoms with Gasteiger partial charge in [-0.2, -0.15) is 0 Å². The highest BCUT2D eigenvalue weighted by atomic mass is 16.6. The molecule has 0 saturated carbocycles. The summed E-state index contributed by atoms with van der Waals surface area (Å²) in [5.74, 6) is -0.381. The molecule has 0 aliphatic carbocycles. The lowest BCUT2D eigenvalue weighted by Gasteiger charge is -2.18. The molecule has 0 bridgehead atoms. The number of rotatable bonds is 50. The zero-order valence-electron chi connectivity index (χ0n) is 40.3. The number of esters is 2. The first-order valence-electron chi connectivity index (χ1n) is 26.7. The van der Waals surface area contributed by atoms with Crippen LogP contribution in [0, 0.1) is 0 Å². The van der Waals surface area contributed by atoms with E-state index in [0.29, 0.717) is 26.1 Å². The summed E-state index contributed by atoms with van der Waals surface area (Å²) in [5.41, 5.74) is 0. The molecule has 0 radical (unpaired) electrons. The average Bonchev–Trinajstić information content (AvgIpc) is 3.24. The zero-order chi connectivity index (χ0) is 42.8. The SMILES string of the molecule is CCCCCC/C=C\CCCCCCCCCC(=O)OC[C@@H](COCCCCCCCCCCCCCCCCCC)OC(=O)CCCCCCCCCCCCCC. The molecule has 0 aliphatic rings. The quantitative estimate of drug-likeness (QED) is 0.0347. The van der Waals surface area contributed by atoms with Crippen LogP contribution in [0.5, 0.6) is 0 Å². The highest BCUT2D eigenvalue weighted by Gasteiger charge is 2.17. The smallest absolute Gasteiger partial charge is 0.306 e. The minimum absolute atomic E-state index is 0.0924. The van der Waals surface area contributed by atoms with Gasteiger partial charge in [0.15, 0.2) is 6.10 Å². The van der Waals surface area contributed by atoms with Gasteiger partial charge in [-0.3, -0.25) is 9.59 Å². The first-order valence-corrected chi connectivity index (χ1v) is 26.7. The van der Waals surface area contributed by atoms with Crippen molar-refractivity contribution in [3.8, 4) is 0 Å². The molecular formula is C54H104O5. The number of hydrogen-bond acceptors (Lipinski definition) is 5. The van der Waals surface area contributed by atoms with Gasteiger partial charge in [-0.1, -0.05) is 251 Å². The van der Waals surface area contributed by atoms with Crippen LogP contribution in [0.2, 0.25) is 0 Å². The van der Waals surface area contributed by atoms with Gasteiger partial charge in [0.1, 0.15) is 6.61 Å². The predicted molar refractivity (Wildman–Crippen MR) is 256 cm³/mol. The summed E-state index contributed by atoms with van der Waals surface area (Å²) in [6.07, 6.45) is 57.9. The van der Waals surface area contributed by atoms with Gasteiger partial charge in [0, 0.05) is 19.4 Å². The molecule has 1 atom stereocenters. The molecule has 350 valence electrons. The average molecular weight is 833 g/mol. The van der Waals surface area contributed by atoms with Gasteiger partial charge in [0.05, 0.1) is 6.61 Å². The molecule has 0 amide bonds. The second kappa shape index (κ2) is 51.0. The lowest BCUT2D eigenvalue weighted by molar-refractivity contribution is -0.163. The van der Waals surface area contributed by atoms with Crippen LogP contribution < -0.4 is 0 Å². The molecule has 0 aromatic heterocycles. The van der Waals surface area contributed by atoms with Gasteiger partial charge in [-0.15, -0.1) is 0 Å². The highest BCUT2D eigenvalue weighted by Crippen LogP contribution is 2.16. The normalized spacial score (nSPS) is 12.1. The topological polar surface area (TPSA) is 61.8 Å². The first-order chi connectivity index (χ1) is 29.1. The van der Waals surface area contributed by atoms with E-state index < -0.39 is 6.10 Å². The van der Waals surface area contributed by atoms with Crippen LogP contribution in [-0.2, 0) is 23.8 Å². The first kappa shape index (κ1) is 57.6. The minimum Gasteiger partial charge on any atom is -0.462 e. The largest absolute Gasteiger partial charge is 0.462 e. The summed E-state index contributed by atoms with van der Waals surface area (Å²) in [7, 11) is 0. The van der Waals surface area contributed by atoms with Crippen molar-refractivity contribution in [2.45, 2.75) is 303 Å². The van der Waals surface area contributed by atoms with E-state index >= 15 is 0 Å². The second-order valence-electron chi connectivity index (χ2n) is 18.1. The highest BCUT2D eigenvalue weighted by molar-refractivity contribution is 5.70. The molecular weight excluding hydrogens is 729 g/mol. The summed E-state index contributed by atoms with van der Waals surface area (Å²) >= 11 is 0. The molecule has 5 heteroatoms. The Balaban J connectivity index is 4.19. The van der Waals surface area contributed by atoms with Crippen LogP contribution in [0.15, 0.2) is 12.2 Å². The molecule has 0 fully saturated rings. The van der Waals surface area contributed by atoms with Gasteiger partial charge in [0.25, 0.3) is 0 Å².